The summed E-state index contributed by atoms with van der Waals surface area (Å²) >= 11 is 1.80. The minimum atomic E-state index is 1.19. The van der Waals surface area contributed by atoms with Gasteiger partial charge in [-0.25, -0.2) is 0 Å². The van der Waals surface area contributed by atoms with Crippen molar-refractivity contribution in [1.29, 1.82) is 0 Å². The van der Waals surface area contributed by atoms with E-state index in [0.29, 0.717) is 0 Å². The van der Waals surface area contributed by atoms with Crippen molar-refractivity contribution in [3.8, 4) is 0 Å². The third-order valence-electron chi connectivity index (χ3n) is 2.66. The Labute approximate surface area is 83.7 Å². The Morgan fingerprint density at radius 2 is 2.15 bits per heavy atom. The summed E-state index contributed by atoms with van der Waals surface area (Å²) in [5.41, 5.74) is 2.56. The molecule has 0 radical (unpaired) electrons. The molecular formula is C11H15NS. The second kappa shape index (κ2) is 3.54. The summed E-state index contributed by atoms with van der Waals surface area (Å²) in [5.74, 6) is 0. The average Bonchev–Trinajstić information content (AvgIpc) is 2.72. The second-order valence-electron chi connectivity index (χ2n) is 3.53. The van der Waals surface area contributed by atoms with E-state index in [1.165, 1.54) is 42.1 Å². The highest BCUT2D eigenvalue weighted by atomic mass is 32.1. The molecule has 0 saturated carbocycles. The molecule has 0 spiro atoms. The Kier molecular flexibility index (Phi) is 2.40. The molecular weight excluding hydrogens is 178 g/mol. The predicted octanol–water partition coefficient (Wildman–Crippen LogP) is 3.12. The van der Waals surface area contributed by atoms with Crippen molar-refractivity contribution >= 4 is 17.0 Å². The first kappa shape index (κ1) is 8.82. The predicted molar refractivity (Wildman–Crippen MR) is 58.9 cm³/mol. The van der Waals surface area contributed by atoms with E-state index in [1.54, 1.807) is 11.3 Å². The van der Waals surface area contributed by atoms with Gasteiger partial charge in [0.2, 0.25) is 0 Å². The third kappa shape index (κ3) is 1.63. The van der Waals surface area contributed by atoms with Gasteiger partial charge in [0.1, 0.15) is 0 Å². The zero-order valence-electron chi connectivity index (χ0n) is 8.05. The monoisotopic (exact) mass is 193 g/mol. The largest absolute Gasteiger partial charge is 0.371 e. The highest BCUT2D eigenvalue weighted by Crippen LogP contribution is 2.27. The van der Waals surface area contributed by atoms with Gasteiger partial charge in [0, 0.05) is 29.2 Å². The van der Waals surface area contributed by atoms with Crippen LogP contribution in [0, 0.1) is 6.92 Å². The van der Waals surface area contributed by atoms with Crippen molar-refractivity contribution in [2.75, 3.05) is 13.1 Å². The van der Waals surface area contributed by atoms with Crippen molar-refractivity contribution < 1.29 is 0 Å². The Bertz CT molecular complexity index is 308. The van der Waals surface area contributed by atoms with E-state index < -0.39 is 0 Å². The first-order valence-corrected chi connectivity index (χ1v) is 5.65. The molecule has 13 heavy (non-hydrogen) atoms. The van der Waals surface area contributed by atoms with E-state index in [0.717, 1.165) is 0 Å². The molecule has 0 N–H and O–H groups in total. The van der Waals surface area contributed by atoms with Crippen molar-refractivity contribution in [1.82, 2.24) is 4.90 Å². The number of aryl methyl sites for hydroxylation is 1. The standard InChI is InChI=1S/C11H15NS/c1-9(12-6-3-4-7-12)11-5-8-13-10(11)2/h5,8H,1,3-4,6-7H2,2H3. The van der Waals surface area contributed by atoms with Crippen LogP contribution in [0.5, 0.6) is 0 Å². The molecule has 1 aromatic rings. The van der Waals surface area contributed by atoms with Gasteiger partial charge in [-0.3, -0.25) is 0 Å². The van der Waals surface area contributed by atoms with Crippen molar-refractivity contribution in [2.24, 2.45) is 0 Å². The molecule has 1 aliphatic rings. The fourth-order valence-electron chi connectivity index (χ4n) is 1.84. The zero-order valence-corrected chi connectivity index (χ0v) is 8.86. The van der Waals surface area contributed by atoms with Gasteiger partial charge in [0.15, 0.2) is 0 Å². The lowest BCUT2D eigenvalue weighted by Gasteiger charge is -2.20. The topological polar surface area (TPSA) is 3.24 Å². The van der Waals surface area contributed by atoms with Gasteiger partial charge < -0.3 is 4.90 Å². The Balaban J connectivity index is 2.17. The summed E-state index contributed by atoms with van der Waals surface area (Å²) in [6.07, 6.45) is 2.64. The van der Waals surface area contributed by atoms with E-state index in [2.05, 4.69) is 29.8 Å². The van der Waals surface area contributed by atoms with Gasteiger partial charge >= 0.3 is 0 Å². The molecule has 2 heterocycles. The van der Waals surface area contributed by atoms with Crippen LogP contribution < -0.4 is 0 Å². The van der Waals surface area contributed by atoms with Gasteiger partial charge in [0.25, 0.3) is 0 Å². The van der Waals surface area contributed by atoms with Crippen LogP contribution in [0.15, 0.2) is 18.0 Å². The minimum absolute atomic E-state index is 1.19. The van der Waals surface area contributed by atoms with Gasteiger partial charge in [-0.05, 0) is 31.2 Å². The lowest BCUT2D eigenvalue weighted by Crippen LogP contribution is -2.16. The molecule has 1 aliphatic heterocycles. The van der Waals surface area contributed by atoms with Crippen LogP contribution >= 0.6 is 11.3 Å². The van der Waals surface area contributed by atoms with Gasteiger partial charge in [0.05, 0.1) is 0 Å². The minimum Gasteiger partial charge on any atom is -0.371 e. The van der Waals surface area contributed by atoms with E-state index in [9.17, 15) is 0 Å². The molecule has 70 valence electrons. The van der Waals surface area contributed by atoms with Crippen molar-refractivity contribution in [3.05, 3.63) is 28.5 Å². The maximum Gasteiger partial charge on any atom is 0.0377 e. The molecule has 2 heteroatoms. The van der Waals surface area contributed by atoms with Crippen molar-refractivity contribution in [2.45, 2.75) is 19.8 Å². The first-order valence-electron chi connectivity index (χ1n) is 4.77. The molecule has 1 saturated heterocycles. The molecule has 0 unspecified atom stereocenters. The van der Waals surface area contributed by atoms with Gasteiger partial charge in [-0.15, -0.1) is 11.3 Å². The number of nitrogens with zero attached hydrogens (tertiary/aromatic N) is 1. The highest BCUT2D eigenvalue weighted by Gasteiger charge is 2.15. The van der Waals surface area contributed by atoms with Gasteiger partial charge in [-0.2, -0.15) is 0 Å². The van der Waals surface area contributed by atoms with E-state index in [-0.39, 0.29) is 0 Å². The van der Waals surface area contributed by atoms with Crippen LogP contribution in [0.25, 0.3) is 5.70 Å². The Morgan fingerprint density at radius 3 is 2.69 bits per heavy atom. The number of hydrogen-bond acceptors (Lipinski definition) is 2. The summed E-state index contributed by atoms with van der Waals surface area (Å²) in [6.45, 7) is 8.72. The van der Waals surface area contributed by atoms with Crippen LogP contribution in [0.2, 0.25) is 0 Å². The Morgan fingerprint density at radius 1 is 1.46 bits per heavy atom. The summed E-state index contributed by atoms with van der Waals surface area (Å²) in [5, 5.41) is 2.14. The van der Waals surface area contributed by atoms with E-state index >= 15 is 0 Å². The first-order chi connectivity index (χ1) is 6.29. The fraction of sp³-hybridized carbons (Fsp3) is 0.455. The molecule has 0 atom stereocenters. The number of rotatable bonds is 2. The Hall–Kier alpha value is -0.760. The molecule has 1 fully saturated rings. The second-order valence-corrected chi connectivity index (χ2v) is 4.65. The van der Waals surface area contributed by atoms with Crippen LogP contribution in [0.1, 0.15) is 23.3 Å². The van der Waals surface area contributed by atoms with Crippen LogP contribution in [0.4, 0.5) is 0 Å². The molecule has 1 nitrogen and oxygen atoms in total. The fourth-order valence-corrected chi connectivity index (χ4v) is 2.56. The van der Waals surface area contributed by atoms with Gasteiger partial charge in [-0.1, -0.05) is 6.58 Å². The van der Waals surface area contributed by atoms with E-state index in [1.807, 2.05) is 0 Å². The zero-order chi connectivity index (χ0) is 9.26. The van der Waals surface area contributed by atoms with E-state index in [4.69, 9.17) is 0 Å². The number of thiophene rings is 1. The molecule has 0 aliphatic carbocycles. The maximum absolute atomic E-state index is 4.17. The molecule has 0 amide bonds. The normalized spacial score (nSPS) is 16.5. The van der Waals surface area contributed by atoms with Crippen molar-refractivity contribution in [3.63, 3.8) is 0 Å². The molecule has 2 rings (SSSR count). The number of hydrogen-bond donors (Lipinski definition) is 0. The van der Waals surface area contributed by atoms with Crippen LogP contribution in [0.3, 0.4) is 0 Å². The third-order valence-corrected chi connectivity index (χ3v) is 3.50. The summed E-state index contributed by atoms with van der Waals surface area (Å²) in [6, 6.07) is 2.18. The average molecular weight is 193 g/mol. The van der Waals surface area contributed by atoms with Crippen LogP contribution in [-0.4, -0.2) is 18.0 Å². The quantitative estimate of drug-likeness (QED) is 0.697. The number of likely N-dealkylation sites (tertiary alicyclic amines) is 1. The summed E-state index contributed by atoms with van der Waals surface area (Å²) in [4.78, 5) is 3.78. The molecule has 1 aromatic heterocycles. The maximum atomic E-state index is 4.17. The lowest BCUT2D eigenvalue weighted by atomic mass is 10.2. The van der Waals surface area contributed by atoms with Crippen LogP contribution in [-0.2, 0) is 0 Å². The lowest BCUT2D eigenvalue weighted by molar-refractivity contribution is 0.494. The smallest absolute Gasteiger partial charge is 0.0377 e. The summed E-state index contributed by atoms with van der Waals surface area (Å²) in [7, 11) is 0. The summed E-state index contributed by atoms with van der Waals surface area (Å²) < 4.78 is 0. The SMILES string of the molecule is C=C(c1ccsc1C)N1CCCC1. The highest BCUT2D eigenvalue weighted by molar-refractivity contribution is 7.10. The molecule has 0 bridgehead atoms. The molecule has 0 aromatic carbocycles.